The predicted octanol–water partition coefficient (Wildman–Crippen LogP) is 6.82. The quantitative estimate of drug-likeness (QED) is 0.608. The van der Waals surface area contributed by atoms with Crippen molar-refractivity contribution < 1.29 is 23.0 Å². The Morgan fingerprint density at radius 2 is 1.36 bits per heavy atom. The fraction of sp³-hybridized carbons (Fsp3) is 0.0769. The van der Waals surface area contributed by atoms with Gasteiger partial charge in [0.1, 0.15) is 11.5 Å². The fourth-order valence-corrected chi connectivity index (χ4v) is 2.44. The molecule has 0 saturated heterocycles. The molecule has 22 heavy (non-hydrogen) atoms. The van der Waals surface area contributed by atoms with E-state index < -0.39 is 11.7 Å². The molecule has 0 aromatic heterocycles. The lowest BCUT2D eigenvalue weighted by atomic mass is 10.2. The van der Waals surface area contributed by atoms with Gasteiger partial charge in [0.15, 0.2) is 5.75 Å². The van der Waals surface area contributed by atoms with Crippen LogP contribution in [0.5, 0.6) is 17.2 Å². The Morgan fingerprint density at radius 1 is 0.818 bits per heavy atom. The Bertz CT molecular complexity index is 709. The van der Waals surface area contributed by atoms with E-state index in [-0.39, 0.29) is 37.3 Å². The van der Waals surface area contributed by atoms with Crippen LogP contribution in [-0.4, -0.2) is 5.11 Å². The molecule has 9 heteroatoms. The molecule has 0 aliphatic carbocycles. The van der Waals surface area contributed by atoms with E-state index in [2.05, 4.69) is 0 Å². The molecule has 0 fully saturated rings. The Kier molecular flexibility index (Phi) is 4.92. The number of alkyl halides is 3. The maximum atomic E-state index is 12.6. The molecule has 0 spiro atoms. The van der Waals surface area contributed by atoms with Crippen LogP contribution in [0, 0.1) is 0 Å². The Labute approximate surface area is 142 Å². The number of phenolic OH excluding ortho intramolecular Hbond substituents is 1. The first-order chi connectivity index (χ1) is 10.1. The van der Waals surface area contributed by atoms with Crippen molar-refractivity contribution in [2.24, 2.45) is 0 Å². The zero-order valence-corrected chi connectivity index (χ0v) is 13.3. The van der Waals surface area contributed by atoms with Gasteiger partial charge in [-0.05, 0) is 12.1 Å². The van der Waals surface area contributed by atoms with Gasteiger partial charge in [0, 0.05) is 12.1 Å². The lowest BCUT2D eigenvalue weighted by Gasteiger charge is -2.14. The summed E-state index contributed by atoms with van der Waals surface area (Å²) in [6, 6.07) is 3.66. The molecule has 0 radical (unpaired) electrons. The summed E-state index contributed by atoms with van der Waals surface area (Å²) in [5, 5.41) is 8.61. The van der Waals surface area contributed by atoms with Crippen molar-refractivity contribution in [1.29, 1.82) is 0 Å². The number of hydrogen-bond acceptors (Lipinski definition) is 2. The molecule has 0 atom stereocenters. The van der Waals surface area contributed by atoms with Gasteiger partial charge in [0.25, 0.3) is 0 Å². The fourth-order valence-electron chi connectivity index (χ4n) is 1.53. The van der Waals surface area contributed by atoms with E-state index in [1.54, 1.807) is 0 Å². The molecule has 0 bridgehead atoms. The SMILES string of the molecule is Oc1cc(Cl)c(Oc2c(Cl)cc(C(F)(F)F)cc2Cl)cc1Cl. The van der Waals surface area contributed by atoms with Crippen molar-refractivity contribution in [3.63, 3.8) is 0 Å². The van der Waals surface area contributed by atoms with Gasteiger partial charge in [-0.1, -0.05) is 46.4 Å². The normalized spacial score (nSPS) is 11.6. The zero-order valence-electron chi connectivity index (χ0n) is 10.3. The van der Waals surface area contributed by atoms with Gasteiger partial charge in [-0.3, -0.25) is 0 Å². The largest absolute Gasteiger partial charge is 0.506 e. The molecular formula is C13H5Cl4F3O2. The molecule has 2 aromatic rings. The van der Waals surface area contributed by atoms with E-state index in [1.165, 1.54) is 6.07 Å². The van der Waals surface area contributed by atoms with Crippen LogP contribution >= 0.6 is 46.4 Å². The second-order valence-corrected chi connectivity index (χ2v) is 5.73. The minimum absolute atomic E-state index is 0.0195. The highest BCUT2D eigenvalue weighted by Gasteiger charge is 2.32. The summed E-state index contributed by atoms with van der Waals surface area (Å²) in [7, 11) is 0. The van der Waals surface area contributed by atoms with E-state index in [1.807, 2.05) is 0 Å². The average Bonchev–Trinajstić information content (AvgIpc) is 2.38. The molecule has 0 unspecified atom stereocenters. The third-order valence-electron chi connectivity index (χ3n) is 2.54. The number of ether oxygens (including phenoxy) is 1. The Hall–Kier alpha value is -1.01. The van der Waals surface area contributed by atoms with E-state index in [0.717, 1.165) is 6.07 Å². The van der Waals surface area contributed by atoms with Crippen LogP contribution in [0.25, 0.3) is 0 Å². The number of hydrogen-bond donors (Lipinski definition) is 1. The van der Waals surface area contributed by atoms with Crippen LogP contribution in [0.1, 0.15) is 5.56 Å². The highest BCUT2D eigenvalue weighted by molar-refractivity contribution is 6.37. The van der Waals surface area contributed by atoms with Crippen molar-refractivity contribution in [2.45, 2.75) is 6.18 Å². The Balaban J connectivity index is 2.45. The molecule has 0 amide bonds. The predicted molar refractivity (Wildman–Crippen MR) is 79.7 cm³/mol. The van der Waals surface area contributed by atoms with Gasteiger partial charge in [-0.2, -0.15) is 13.2 Å². The van der Waals surface area contributed by atoms with E-state index in [4.69, 9.17) is 51.1 Å². The van der Waals surface area contributed by atoms with E-state index in [9.17, 15) is 18.3 Å². The van der Waals surface area contributed by atoms with Crippen molar-refractivity contribution in [1.82, 2.24) is 0 Å². The summed E-state index contributed by atoms with van der Waals surface area (Å²) in [6.07, 6.45) is -4.59. The van der Waals surface area contributed by atoms with E-state index in [0.29, 0.717) is 12.1 Å². The van der Waals surface area contributed by atoms with Crippen LogP contribution < -0.4 is 4.74 Å². The number of aromatic hydroxyl groups is 1. The highest BCUT2D eigenvalue weighted by Crippen LogP contribution is 2.44. The van der Waals surface area contributed by atoms with Crippen LogP contribution in [-0.2, 0) is 6.18 Å². The molecule has 2 nitrogen and oxygen atoms in total. The highest BCUT2D eigenvalue weighted by atomic mass is 35.5. The summed E-state index contributed by atoms with van der Waals surface area (Å²) in [4.78, 5) is 0. The number of halogens is 7. The maximum Gasteiger partial charge on any atom is 0.416 e. The van der Waals surface area contributed by atoms with Crippen molar-refractivity contribution in [3.05, 3.63) is 49.9 Å². The third-order valence-corrected chi connectivity index (χ3v) is 3.70. The monoisotopic (exact) mass is 390 g/mol. The van der Waals surface area contributed by atoms with Crippen molar-refractivity contribution in [2.75, 3.05) is 0 Å². The first-order valence-corrected chi connectivity index (χ1v) is 7.03. The van der Waals surface area contributed by atoms with Crippen LogP contribution in [0.4, 0.5) is 13.2 Å². The second-order valence-electron chi connectivity index (χ2n) is 4.10. The third kappa shape index (κ3) is 3.66. The van der Waals surface area contributed by atoms with Crippen LogP contribution in [0.2, 0.25) is 20.1 Å². The molecule has 0 heterocycles. The lowest BCUT2D eigenvalue weighted by Crippen LogP contribution is -2.05. The summed E-state index contributed by atoms with van der Waals surface area (Å²) < 4.78 is 43.2. The number of phenols is 1. The zero-order chi connectivity index (χ0) is 16.7. The van der Waals surface area contributed by atoms with Gasteiger partial charge in [0.05, 0.1) is 25.7 Å². The molecule has 2 aromatic carbocycles. The standard InChI is InChI=1S/C13H5Cl4F3O2/c14-6-4-11(7(15)3-10(6)21)22-12-8(16)1-5(2-9(12)17)13(18,19)20/h1-4,21H. The van der Waals surface area contributed by atoms with Gasteiger partial charge < -0.3 is 9.84 Å². The van der Waals surface area contributed by atoms with Crippen LogP contribution in [0.3, 0.4) is 0 Å². The Morgan fingerprint density at radius 3 is 1.86 bits per heavy atom. The van der Waals surface area contributed by atoms with Crippen molar-refractivity contribution in [3.8, 4) is 17.2 Å². The molecule has 0 aliphatic heterocycles. The minimum Gasteiger partial charge on any atom is -0.506 e. The topological polar surface area (TPSA) is 29.5 Å². The molecular weight excluding hydrogens is 387 g/mol. The van der Waals surface area contributed by atoms with Crippen LogP contribution in [0.15, 0.2) is 24.3 Å². The summed E-state index contributed by atoms with van der Waals surface area (Å²) in [6.45, 7) is 0. The first kappa shape index (κ1) is 17.3. The maximum absolute atomic E-state index is 12.6. The van der Waals surface area contributed by atoms with Gasteiger partial charge in [0.2, 0.25) is 0 Å². The minimum atomic E-state index is -4.59. The molecule has 0 saturated carbocycles. The smallest absolute Gasteiger partial charge is 0.416 e. The first-order valence-electron chi connectivity index (χ1n) is 5.51. The average molecular weight is 392 g/mol. The van der Waals surface area contributed by atoms with Gasteiger partial charge in [-0.15, -0.1) is 0 Å². The summed E-state index contributed by atoms with van der Waals surface area (Å²) >= 11 is 23.1. The van der Waals surface area contributed by atoms with Gasteiger partial charge in [-0.25, -0.2) is 0 Å². The van der Waals surface area contributed by atoms with Gasteiger partial charge >= 0.3 is 6.18 Å². The molecule has 2 rings (SSSR count). The summed E-state index contributed by atoms with van der Waals surface area (Å²) in [5.74, 6) is -0.503. The number of benzene rings is 2. The van der Waals surface area contributed by atoms with E-state index >= 15 is 0 Å². The molecule has 1 N–H and O–H groups in total. The summed E-state index contributed by atoms with van der Waals surface area (Å²) in [5.41, 5.74) is -1.01. The van der Waals surface area contributed by atoms with Crippen molar-refractivity contribution >= 4 is 46.4 Å². The second kappa shape index (κ2) is 6.24. The molecule has 118 valence electrons. The number of rotatable bonds is 2. The lowest BCUT2D eigenvalue weighted by molar-refractivity contribution is -0.137. The molecule has 0 aliphatic rings.